The SMILES string of the molecule is CCCC(=O)Nc1ccc(C(=O)COc2cccnc2[N+](=O)[O-])cc1. The van der Waals surface area contributed by atoms with Gasteiger partial charge in [0.2, 0.25) is 11.7 Å². The number of rotatable bonds is 8. The van der Waals surface area contributed by atoms with Crippen molar-refractivity contribution in [2.24, 2.45) is 0 Å². The average Bonchev–Trinajstić information content (AvgIpc) is 2.60. The number of Topliss-reactive ketones (excluding diaryl/α,β-unsaturated/α-hetero) is 1. The van der Waals surface area contributed by atoms with Crippen molar-refractivity contribution in [1.82, 2.24) is 4.98 Å². The molecule has 1 aromatic heterocycles. The molecule has 1 heterocycles. The Kier molecular flexibility index (Phi) is 6.16. The Bertz CT molecular complexity index is 774. The highest BCUT2D eigenvalue weighted by molar-refractivity contribution is 5.98. The van der Waals surface area contributed by atoms with Gasteiger partial charge in [0.15, 0.2) is 12.4 Å². The first-order chi connectivity index (χ1) is 12.0. The molecule has 0 radical (unpaired) electrons. The van der Waals surface area contributed by atoms with Gasteiger partial charge in [-0.25, -0.2) is 0 Å². The fourth-order valence-electron chi connectivity index (χ4n) is 2.05. The molecule has 8 heteroatoms. The summed E-state index contributed by atoms with van der Waals surface area (Å²) in [4.78, 5) is 37.4. The lowest BCUT2D eigenvalue weighted by molar-refractivity contribution is -0.390. The maximum absolute atomic E-state index is 12.1. The van der Waals surface area contributed by atoms with Gasteiger partial charge in [-0.3, -0.25) is 9.59 Å². The van der Waals surface area contributed by atoms with Gasteiger partial charge >= 0.3 is 5.82 Å². The number of nitrogens with one attached hydrogen (secondary N) is 1. The summed E-state index contributed by atoms with van der Waals surface area (Å²) in [6, 6.07) is 9.22. The lowest BCUT2D eigenvalue weighted by atomic mass is 10.1. The van der Waals surface area contributed by atoms with E-state index >= 15 is 0 Å². The second kappa shape index (κ2) is 8.53. The van der Waals surface area contributed by atoms with E-state index in [2.05, 4.69) is 10.3 Å². The maximum Gasteiger partial charge on any atom is 0.406 e. The molecule has 25 heavy (non-hydrogen) atoms. The van der Waals surface area contributed by atoms with Crippen LogP contribution in [0.2, 0.25) is 0 Å². The van der Waals surface area contributed by atoms with E-state index < -0.39 is 10.7 Å². The lowest BCUT2D eigenvalue weighted by Crippen LogP contribution is -2.13. The van der Waals surface area contributed by atoms with Crippen molar-refractivity contribution >= 4 is 23.2 Å². The summed E-state index contributed by atoms with van der Waals surface area (Å²) in [6.45, 7) is 1.56. The molecule has 0 fully saturated rings. The van der Waals surface area contributed by atoms with Crippen LogP contribution >= 0.6 is 0 Å². The van der Waals surface area contributed by atoms with Crippen molar-refractivity contribution in [3.05, 3.63) is 58.3 Å². The number of carbonyl (C=O) groups excluding carboxylic acids is 2. The largest absolute Gasteiger partial charge is 0.477 e. The molecule has 130 valence electrons. The van der Waals surface area contributed by atoms with Crippen LogP contribution in [0.5, 0.6) is 5.75 Å². The molecule has 1 aromatic carbocycles. The number of aromatic nitrogens is 1. The molecule has 0 spiro atoms. The highest BCUT2D eigenvalue weighted by Gasteiger charge is 2.17. The fourth-order valence-corrected chi connectivity index (χ4v) is 2.05. The number of nitrogens with zero attached hydrogens (tertiary/aromatic N) is 2. The van der Waals surface area contributed by atoms with Crippen molar-refractivity contribution in [2.75, 3.05) is 11.9 Å². The van der Waals surface area contributed by atoms with Crippen molar-refractivity contribution in [1.29, 1.82) is 0 Å². The number of ketones is 1. The Morgan fingerprint density at radius 1 is 1.24 bits per heavy atom. The topological polar surface area (TPSA) is 111 Å². The van der Waals surface area contributed by atoms with Gasteiger partial charge in [0.25, 0.3) is 0 Å². The van der Waals surface area contributed by atoms with Crippen molar-refractivity contribution < 1.29 is 19.2 Å². The summed E-state index contributed by atoms with van der Waals surface area (Å²) in [7, 11) is 0. The third-order valence-corrected chi connectivity index (χ3v) is 3.25. The molecule has 0 aliphatic rings. The van der Waals surface area contributed by atoms with Gasteiger partial charge in [-0.2, -0.15) is 0 Å². The van der Waals surface area contributed by atoms with Crippen LogP contribution in [-0.2, 0) is 4.79 Å². The van der Waals surface area contributed by atoms with E-state index in [4.69, 9.17) is 4.74 Å². The minimum Gasteiger partial charge on any atom is -0.477 e. The monoisotopic (exact) mass is 343 g/mol. The summed E-state index contributed by atoms with van der Waals surface area (Å²) in [5, 5.41) is 13.6. The van der Waals surface area contributed by atoms with E-state index in [1.54, 1.807) is 24.3 Å². The number of amides is 1. The number of anilines is 1. The average molecular weight is 343 g/mol. The first-order valence-corrected chi connectivity index (χ1v) is 7.66. The first-order valence-electron chi connectivity index (χ1n) is 7.66. The summed E-state index contributed by atoms with van der Waals surface area (Å²) in [5.41, 5.74) is 0.971. The minimum absolute atomic E-state index is 0.0655. The normalized spacial score (nSPS) is 10.1. The second-order valence-electron chi connectivity index (χ2n) is 5.17. The number of benzene rings is 1. The van der Waals surface area contributed by atoms with Crippen molar-refractivity contribution in [2.45, 2.75) is 19.8 Å². The van der Waals surface area contributed by atoms with Crippen LogP contribution < -0.4 is 10.1 Å². The number of nitro groups is 1. The fraction of sp³-hybridized carbons (Fsp3) is 0.235. The van der Waals surface area contributed by atoms with Gasteiger partial charge in [0.05, 0.1) is 0 Å². The molecule has 0 saturated heterocycles. The number of ether oxygens (including phenoxy) is 1. The predicted octanol–water partition coefficient (Wildman–Crippen LogP) is 2.99. The number of pyridine rings is 1. The molecule has 8 nitrogen and oxygen atoms in total. The van der Waals surface area contributed by atoms with Gasteiger partial charge in [0, 0.05) is 17.7 Å². The molecular weight excluding hydrogens is 326 g/mol. The molecular formula is C17H17N3O5. The zero-order chi connectivity index (χ0) is 18.2. The number of hydrogen-bond donors (Lipinski definition) is 1. The third-order valence-electron chi connectivity index (χ3n) is 3.25. The zero-order valence-electron chi connectivity index (χ0n) is 13.6. The summed E-state index contributed by atoms with van der Waals surface area (Å²) < 4.78 is 5.22. The van der Waals surface area contributed by atoms with Crippen LogP contribution in [-0.4, -0.2) is 28.2 Å². The Labute approximate surface area is 144 Å². The summed E-state index contributed by atoms with van der Waals surface area (Å²) in [5.74, 6) is -0.938. The van der Waals surface area contributed by atoms with Crippen LogP contribution in [0.15, 0.2) is 42.6 Å². The molecule has 0 aliphatic heterocycles. The molecule has 2 aromatic rings. The van der Waals surface area contributed by atoms with Gasteiger partial charge in [0.1, 0.15) is 6.20 Å². The van der Waals surface area contributed by atoms with Crippen molar-refractivity contribution in [3.8, 4) is 5.75 Å². The van der Waals surface area contributed by atoms with Gasteiger partial charge in [-0.05, 0) is 52.7 Å². The smallest absolute Gasteiger partial charge is 0.406 e. The third kappa shape index (κ3) is 5.10. The van der Waals surface area contributed by atoms with Crippen LogP contribution in [0.4, 0.5) is 11.5 Å². The van der Waals surface area contributed by atoms with E-state index in [1.807, 2.05) is 6.92 Å². The van der Waals surface area contributed by atoms with E-state index in [9.17, 15) is 19.7 Å². The van der Waals surface area contributed by atoms with Crippen LogP contribution in [0.3, 0.4) is 0 Å². The summed E-state index contributed by atoms with van der Waals surface area (Å²) in [6.07, 6.45) is 2.46. The predicted molar refractivity (Wildman–Crippen MR) is 90.7 cm³/mol. The number of hydrogen-bond acceptors (Lipinski definition) is 6. The van der Waals surface area contributed by atoms with E-state index in [0.29, 0.717) is 17.7 Å². The Morgan fingerprint density at radius 2 is 1.96 bits per heavy atom. The standard InChI is InChI=1S/C17H17N3O5/c1-2-4-16(22)19-13-8-6-12(7-9-13)14(21)11-25-15-5-3-10-18-17(15)20(23)24/h3,5-10H,2,4,11H2,1H3,(H,19,22). The molecule has 1 N–H and O–H groups in total. The quantitative estimate of drug-likeness (QED) is 0.448. The molecule has 0 unspecified atom stereocenters. The Morgan fingerprint density at radius 3 is 2.60 bits per heavy atom. The van der Waals surface area contributed by atoms with Gasteiger partial charge in [-0.15, -0.1) is 0 Å². The maximum atomic E-state index is 12.1. The van der Waals surface area contributed by atoms with Gasteiger partial charge in [-0.1, -0.05) is 6.92 Å². The molecule has 0 saturated carbocycles. The van der Waals surface area contributed by atoms with E-state index in [1.165, 1.54) is 18.3 Å². The highest BCUT2D eigenvalue weighted by Crippen LogP contribution is 2.23. The summed E-state index contributed by atoms with van der Waals surface area (Å²) >= 11 is 0. The Hall–Kier alpha value is -3.29. The van der Waals surface area contributed by atoms with Crippen molar-refractivity contribution in [3.63, 3.8) is 0 Å². The van der Waals surface area contributed by atoms with E-state index in [0.717, 1.165) is 6.42 Å². The molecule has 0 atom stereocenters. The molecule has 2 rings (SSSR count). The van der Waals surface area contributed by atoms with Gasteiger partial charge < -0.3 is 20.2 Å². The molecule has 1 amide bonds. The lowest BCUT2D eigenvalue weighted by Gasteiger charge is -2.07. The first kappa shape index (κ1) is 18.1. The van der Waals surface area contributed by atoms with E-state index in [-0.39, 0.29) is 24.0 Å². The highest BCUT2D eigenvalue weighted by atomic mass is 16.6. The molecule has 0 bridgehead atoms. The van der Waals surface area contributed by atoms with Crippen LogP contribution in [0.25, 0.3) is 0 Å². The minimum atomic E-state index is -0.673. The second-order valence-corrected chi connectivity index (χ2v) is 5.17. The Balaban J connectivity index is 1.97. The van der Waals surface area contributed by atoms with Crippen LogP contribution in [0, 0.1) is 10.1 Å². The number of carbonyl (C=O) groups is 2. The zero-order valence-corrected chi connectivity index (χ0v) is 13.6. The van der Waals surface area contributed by atoms with Crippen LogP contribution in [0.1, 0.15) is 30.1 Å². The molecule has 0 aliphatic carbocycles.